The first kappa shape index (κ1) is 21.3. The third kappa shape index (κ3) is 10.1. The third-order valence-corrected chi connectivity index (χ3v) is 2.80. The van der Waals surface area contributed by atoms with Crippen molar-refractivity contribution in [2.24, 2.45) is 16.5 Å². The highest BCUT2D eigenvalue weighted by Gasteiger charge is 2.13. The average molecular weight is 334 g/mol. The van der Waals surface area contributed by atoms with Crippen molar-refractivity contribution in [1.29, 1.82) is 5.41 Å². The van der Waals surface area contributed by atoms with E-state index in [1.165, 1.54) is 6.21 Å². The number of benzene rings is 1. The Balaban J connectivity index is 0.00000163. The van der Waals surface area contributed by atoms with Crippen LogP contribution in [0.3, 0.4) is 0 Å². The molecule has 0 saturated carbocycles. The van der Waals surface area contributed by atoms with Crippen molar-refractivity contribution in [3.8, 4) is 5.75 Å². The van der Waals surface area contributed by atoms with Gasteiger partial charge in [-0.05, 0) is 50.1 Å². The minimum atomic E-state index is -0.922. The molecule has 7 heteroatoms. The van der Waals surface area contributed by atoms with Crippen molar-refractivity contribution in [3.63, 3.8) is 0 Å². The molecule has 0 bridgehead atoms. The molecule has 0 amide bonds. The Hall–Kier alpha value is -2.67. The molecule has 0 aliphatic carbocycles. The van der Waals surface area contributed by atoms with Gasteiger partial charge in [0, 0.05) is 6.21 Å². The van der Waals surface area contributed by atoms with Crippen LogP contribution in [-0.4, -0.2) is 42.8 Å². The SMILES string of the molecule is CCOc1ccc(/C=C/C=NC(CCCN)C(=O)O)cc1.N=CN. The zero-order chi connectivity index (χ0) is 18.2. The topological polar surface area (TPSA) is 135 Å². The van der Waals surface area contributed by atoms with Crippen LogP contribution in [0.1, 0.15) is 25.3 Å². The Morgan fingerprint density at radius 3 is 2.54 bits per heavy atom. The maximum atomic E-state index is 11.0. The maximum Gasteiger partial charge on any atom is 0.328 e. The molecular formula is C17H26N4O3. The van der Waals surface area contributed by atoms with Gasteiger partial charge in [0.25, 0.3) is 0 Å². The summed E-state index contributed by atoms with van der Waals surface area (Å²) in [5, 5.41) is 14.9. The van der Waals surface area contributed by atoms with Gasteiger partial charge >= 0.3 is 5.97 Å². The number of hydrogen-bond acceptors (Lipinski definition) is 5. The van der Waals surface area contributed by atoms with E-state index in [9.17, 15) is 4.79 Å². The summed E-state index contributed by atoms with van der Waals surface area (Å²) in [6.07, 6.45) is 6.97. The van der Waals surface area contributed by atoms with E-state index in [1.54, 1.807) is 6.08 Å². The van der Waals surface area contributed by atoms with E-state index in [4.69, 9.17) is 21.0 Å². The number of carboxylic acids is 1. The molecule has 0 radical (unpaired) electrons. The van der Waals surface area contributed by atoms with Crippen molar-refractivity contribution in [1.82, 2.24) is 0 Å². The summed E-state index contributed by atoms with van der Waals surface area (Å²) in [5.41, 5.74) is 10.8. The molecule has 0 saturated heterocycles. The average Bonchev–Trinajstić information content (AvgIpc) is 2.56. The number of nitrogens with two attached hydrogens (primary N) is 2. The molecule has 0 aliphatic heterocycles. The number of carbonyl (C=O) groups is 1. The van der Waals surface area contributed by atoms with Crippen LogP contribution in [0.5, 0.6) is 5.75 Å². The lowest BCUT2D eigenvalue weighted by molar-refractivity contribution is -0.138. The predicted molar refractivity (Wildman–Crippen MR) is 97.8 cm³/mol. The van der Waals surface area contributed by atoms with Crippen molar-refractivity contribution >= 4 is 24.6 Å². The Morgan fingerprint density at radius 1 is 1.42 bits per heavy atom. The van der Waals surface area contributed by atoms with E-state index in [0.717, 1.165) is 17.7 Å². The van der Waals surface area contributed by atoms with Crippen LogP contribution in [0, 0.1) is 5.41 Å². The summed E-state index contributed by atoms with van der Waals surface area (Å²) in [6.45, 7) is 3.05. The van der Waals surface area contributed by atoms with E-state index in [2.05, 4.69) is 10.7 Å². The summed E-state index contributed by atoms with van der Waals surface area (Å²) < 4.78 is 5.36. The van der Waals surface area contributed by atoms with Crippen molar-refractivity contribution in [2.45, 2.75) is 25.8 Å². The normalized spacial score (nSPS) is 11.8. The lowest BCUT2D eigenvalue weighted by Crippen LogP contribution is -2.19. The summed E-state index contributed by atoms with van der Waals surface area (Å²) in [5.74, 6) is -0.0924. The number of nitrogens with zero attached hydrogens (tertiary/aromatic N) is 1. The van der Waals surface area contributed by atoms with E-state index >= 15 is 0 Å². The molecule has 0 aliphatic rings. The summed E-state index contributed by atoms with van der Waals surface area (Å²) in [6, 6.07) is 6.92. The van der Waals surface area contributed by atoms with Crippen LogP contribution < -0.4 is 16.2 Å². The lowest BCUT2D eigenvalue weighted by Gasteiger charge is -2.04. The molecule has 0 spiro atoms. The zero-order valence-corrected chi connectivity index (χ0v) is 13.9. The molecule has 1 aromatic carbocycles. The number of aliphatic carboxylic acids is 1. The highest BCUT2D eigenvalue weighted by molar-refractivity contribution is 5.82. The molecular weight excluding hydrogens is 308 g/mol. The van der Waals surface area contributed by atoms with Gasteiger partial charge in [-0.1, -0.05) is 18.2 Å². The molecule has 0 fully saturated rings. The molecule has 132 valence electrons. The summed E-state index contributed by atoms with van der Waals surface area (Å²) in [7, 11) is 0. The molecule has 24 heavy (non-hydrogen) atoms. The molecule has 0 aromatic heterocycles. The van der Waals surface area contributed by atoms with Gasteiger partial charge in [0.05, 0.1) is 12.9 Å². The molecule has 1 unspecified atom stereocenters. The van der Waals surface area contributed by atoms with E-state index in [1.807, 2.05) is 37.3 Å². The number of rotatable bonds is 9. The quantitative estimate of drug-likeness (QED) is 0.404. The standard InChI is InChI=1S/C16H22N2O3.CH4N2/c1-2-21-14-9-7-13(8-10-14)5-4-12-18-15(16(19)20)6-3-11-17;2-1-3/h4-5,7-10,12,15H,2-3,6,11,17H2,1H3,(H,19,20);1H,(H3,2,3)/b5-4+,18-12?;. The van der Waals surface area contributed by atoms with Crippen molar-refractivity contribution in [3.05, 3.63) is 35.9 Å². The Labute approximate surface area is 142 Å². The smallest absolute Gasteiger partial charge is 0.328 e. The fourth-order valence-corrected chi connectivity index (χ4v) is 1.72. The van der Waals surface area contributed by atoms with E-state index < -0.39 is 12.0 Å². The lowest BCUT2D eigenvalue weighted by atomic mass is 10.1. The first-order valence-electron chi connectivity index (χ1n) is 7.65. The number of carboxylic acid groups (broad SMARTS) is 1. The van der Waals surface area contributed by atoms with Crippen LogP contribution in [0.4, 0.5) is 0 Å². The third-order valence-electron chi connectivity index (χ3n) is 2.80. The largest absolute Gasteiger partial charge is 0.494 e. The molecule has 7 nitrogen and oxygen atoms in total. The number of aliphatic imine (C=N–C) groups is 1. The fourth-order valence-electron chi connectivity index (χ4n) is 1.72. The second-order valence-corrected chi connectivity index (χ2v) is 4.61. The van der Waals surface area contributed by atoms with Crippen LogP contribution in [0.25, 0.3) is 6.08 Å². The minimum Gasteiger partial charge on any atom is -0.494 e. The fraction of sp³-hybridized carbons (Fsp3) is 0.353. The number of nitrogens with one attached hydrogen (secondary N) is 1. The van der Waals surface area contributed by atoms with Crippen LogP contribution >= 0.6 is 0 Å². The van der Waals surface area contributed by atoms with Gasteiger partial charge in [0.15, 0.2) is 0 Å². The van der Waals surface area contributed by atoms with E-state index in [-0.39, 0.29) is 0 Å². The van der Waals surface area contributed by atoms with Gasteiger partial charge < -0.3 is 21.3 Å². The number of hydrogen-bond donors (Lipinski definition) is 4. The second kappa shape index (κ2) is 14.0. The van der Waals surface area contributed by atoms with Crippen molar-refractivity contribution in [2.75, 3.05) is 13.2 Å². The van der Waals surface area contributed by atoms with Gasteiger partial charge in [-0.25, -0.2) is 4.79 Å². The summed E-state index contributed by atoms with van der Waals surface area (Å²) in [4.78, 5) is 15.0. The second-order valence-electron chi connectivity index (χ2n) is 4.61. The molecule has 1 aromatic rings. The van der Waals surface area contributed by atoms with Crippen LogP contribution in [0.15, 0.2) is 35.3 Å². The maximum absolute atomic E-state index is 11.0. The summed E-state index contributed by atoms with van der Waals surface area (Å²) >= 11 is 0. The Kier molecular flexibility index (Phi) is 12.4. The molecule has 1 rings (SSSR count). The number of ether oxygens (including phenoxy) is 1. The molecule has 0 heterocycles. The highest BCUT2D eigenvalue weighted by Crippen LogP contribution is 2.12. The van der Waals surface area contributed by atoms with Gasteiger partial charge in [0.1, 0.15) is 11.8 Å². The first-order chi connectivity index (χ1) is 11.6. The van der Waals surface area contributed by atoms with Gasteiger partial charge in [-0.3, -0.25) is 10.4 Å². The number of allylic oxidation sites excluding steroid dienone is 1. The predicted octanol–water partition coefficient (Wildman–Crippen LogP) is 1.91. The van der Waals surface area contributed by atoms with E-state index in [0.29, 0.717) is 26.0 Å². The van der Waals surface area contributed by atoms with Crippen molar-refractivity contribution < 1.29 is 14.6 Å². The zero-order valence-electron chi connectivity index (χ0n) is 13.9. The monoisotopic (exact) mass is 334 g/mol. The Morgan fingerprint density at radius 2 is 2.04 bits per heavy atom. The van der Waals surface area contributed by atoms with Crippen LogP contribution in [-0.2, 0) is 4.79 Å². The highest BCUT2D eigenvalue weighted by atomic mass is 16.5. The van der Waals surface area contributed by atoms with Gasteiger partial charge in [0.2, 0.25) is 0 Å². The Bertz CT molecular complexity index is 527. The van der Waals surface area contributed by atoms with Gasteiger partial charge in [-0.2, -0.15) is 0 Å². The van der Waals surface area contributed by atoms with Crippen LogP contribution in [0.2, 0.25) is 0 Å². The molecule has 1 atom stereocenters. The minimum absolute atomic E-state index is 0.458. The molecule has 6 N–H and O–H groups in total. The first-order valence-corrected chi connectivity index (χ1v) is 7.65. The van der Waals surface area contributed by atoms with Gasteiger partial charge in [-0.15, -0.1) is 0 Å².